The van der Waals surface area contributed by atoms with E-state index in [9.17, 15) is 4.79 Å². The quantitative estimate of drug-likeness (QED) is 0.659. The number of nitrogens with one attached hydrogen (secondary N) is 1. The van der Waals surface area contributed by atoms with Crippen LogP contribution in [0.2, 0.25) is 0 Å². The summed E-state index contributed by atoms with van der Waals surface area (Å²) in [4.78, 5) is 15.2. The van der Waals surface area contributed by atoms with Crippen molar-refractivity contribution < 1.29 is 9.53 Å². The first kappa shape index (κ1) is 17.0. The third-order valence-corrected chi connectivity index (χ3v) is 2.36. The summed E-state index contributed by atoms with van der Waals surface area (Å²) in [5, 5.41) is 2.42. The Labute approximate surface area is 123 Å². The van der Waals surface area contributed by atoms with Crippen molar-refractivity contribution in [1.29, 1.82) is 0 Å². The molecule has 102 valence electrons. The number of anilines is 1. The smallest absolute Gasteiger partial charge is 0.410 e. The molecule has 0 spiro atoms. The van der Waals surface area contributed by atoms with E-state index in [1.807, 2.05) is 23.1 Å². The molecule has 1 rings (SSSR count). The lowest BCUT2D eigenvalue weighted by atomic mass is 10.2. The number of hydrogen-bond acceptors (Lipinski definition) is 3. The summed E-state index contributed by atoms with van der Waals surface area (Å²) in [6.45, 7) is 6.05. The fourth-order valence-corrected chi connectivity index (χ4v) is 1.49. The standard InChI is InChI=1S/C12H18N2O2.CH3I/c1-4-14(5-2)10-7-6-8-11(9-10)16-12(15)13-3;1-2/h6-9H,4-5H2,1-3H3,(H,13,15);1H3. The maximum atomic E-state index is 11.1. The number of hydrogen-bond donors (Lipinski definition) is 1. The minimum atomic E-state index is -0.448. The molecule has 0 saturated carbocycles. The normalized spacial score (nSPS) is 8.94. The summed E-state index contributed by atoms with van der Waals surface area (Å²) in [6, 6.07) is 7.51. The van der Waals surface area contributed by atoms with Gasteiger partial charge in [-0.3, -0.25) is 0 Å². The van der Waals surface area contributed by atoms with E-state index in [2.05, 4.69) is 46.7 Å². The minimum absolute atomic E-state index is 0.448. The summed E-state index contributed by atoms with van der Waals surface area (Å²) in [6.07, 6.45) is -0.448. The zero-order valence-corrected chi connectivity index (χ0v) is 13.5. The highest BCUT2D eigenvalue weighted by Gasteiger charge is 2.05. The molecule has 4 nitrogen and oxygen atoms in total. The Morgan fingerprint density at radius 3 is 2.44 bits per heavy atom. The number of benzene rings is 1. The van der Waals surface area contributed by atoms with Crippen LogP contribution in [-0.2, 0) is 0 Å². The van der Waals surface area contributed by atoms with Crippen molar-refractivity contribution in [2.45, 2.75) is 13.8 Å². The van der Waals surface area contributed by atoms with Crippen LogP contribution in [0.15, 0.2) is 24.3 Å². The molecule has 1 amide bonds. The number of amides is 1. The Bertz CT molecular complexity index is 355. The molecule has 0 aliphatic carbocycles. The lowest BCUT2D eigenvalue weighted by molar-refractivity contribution is 0.203. The summed E-state index contributed by atoms with van der Waals surface area (Å²) in [5.41, 5.74) is 1.06. The van der Waals surface area contributed by atoms with E-state index in [-0.39, 0.29) is 0 Å². The maximum absolute atomic E-state index is 11.1. The van der Waals surface area contributed by atoms with Crippen LogP contribution in [0.4, 0.5) is 10.5 Å². The van der Waals surface area contributed by atoms with Crippen LogP contribution in [0.1, 0.15) is 13.8 Å². The largest absolute Gasteiger partial charge is 0.412 e. The van der Waals surface area contributed by atoms with Gasteiger partial charge in [0.2, 0.25) is 0 Å². The molecule has 0 bridgehead atoms. The first-order chi connectivity index (χ1) is 8.71. The Balaban J connectivity index is 0.00000137. The van der Waals surface area contributed by atoms with Crippen molar-refractivity contribution in [1.82, 2.24) is 5.32 Å². The van der Waals surface area contributed by atoms with E-state index < -0.39 is 6.09 Å². The van der Waals surface area contributed by atoms with Crippen LogP contribution in [0.3, 0.4) is 0 Å². The molecule has 0 heterocycles. The molecule has 18 heavy (non-hydrogen) atoms. The molecule has 0 radical (unpaired) electrons. The molecule has 0 aromatic heterocycles. The van der Waals surface area contributed by atoms with Gasteiger partial charge in [0, 0.05) is 31.9 Å². The zero-order valence-electron chi connectivity index (χ0n) is 11.4. The highest BCUT2D eigenvalue weighted by molar-refractivity contribution is 14.1. The number of rotatable bonds is 4. The van der Waals surface area contributed by atoms with Gasteiger partial charge in [0.1, 0.15) is 5.75 Å². The van der Waals surface area contributed by atoms with E-state index in [1.54, 1.807) is 6.07 Å². The fourth-order valence-electron chi connectivity index (χ4n) is 1.49. The second-order valence-electron chi connectivity index (χ2n) is 3.31. The van der Waals surface area contributed by atoms with Gasteiger partial charge in [-0.15, -0.1) is 0 Å². The van der Waals surface area contributed by atoms with Crippen LogP contribution >= 0.6 is 22.6 Å². The summed E-state index contributed by atoms with van der Waals surface area (Å²) in [7, 11) is 1.54. The fraction of sp³-hybridized carbons (Fsp3) is 0.462. The van der Waals surface area contributed by atoms with Gasteiger partial charge in [-0.25, -0.2) is 4.79 Å². The highest BCUT2D eigenvalue weighted by atomic mass is 127. The molecular weight excluding hydrogens is 343 g/mol. The van der Waals surface area contributed by atoms with Crippen molar-refractivity contribution in [3.63, 3.8) is 0 Å². The van der Waals surface area contributed by atoms with Crippen LogP contribution in [0.5, 0.6) is 5.75 Å². The van der Waals surface area contributed by atoms with Gasteiger partial charge < -0.3 is 15.0 Å². The van der Waals surface area contributed by atoms with E-state index in [0.717, 1.165) is 18.8 Å². The third-order valence-electron chi connectivity index (χ3n) is 2.36. The summed E-state index contributed by atoms with van der Waals surface area (Å²) >= 11 is 2.15. The Morgan fingerprint density at radius 2 is 1.94 bits per heavy atom. The van der Waals surface area contributed by atoms with Crippen LogP contribution in [-0.4, -0.2) is 31.2 Å². The molecule has 0 aliphatic rings. The van der Waals surface area contributed by atoms with Crippen molar-refractivity contribution in [2.75, 3.05) is 30.0 Å². The number of alkyl halides is 1. The number of nitrogens with zero attached hydrogens (tertiary/aromatic N) is 1. The lowest BCUT2D eigenvalue weighted by Crippen LogP contribution is -2.23. The van der Waals surface area contributed by atoms with E-state index in [0.29, 0.717) is 5.75 Å². The topological polar surface area (TPSA) is 41.6 Å². The summed E-state index contributed by atoms with van der Waals surface area (Å²) in [5.74, 6) is 0.559. The first-order valence-electron chi connectivity index (χ1n) is 5.83. The van der Waals surface area contributed by atoms with E-state index >= 15 is 0 Å². The summed E-state index contributed by atoms with van der Waals surface area (Å²) < 4.78 is 5.07. The number of ether oxygens (including phenoxy) is 1. The van der Waals surface area contributed by atoms with Crippen molar-refractivity contribution >= 4 is 34.4 Å². The lowest BCUT2D eigenvalue weighted by Gasteiger charge is -2.21. The van der Waals surface area contributed by atoms with Gasteiger partial charge in [0.05, 0.1) is 0 Å². The molecule has 5 heteroatoms. The Morgan fingerprint density at radius 1 is 1.33 bits per heavy atom. The van der Waals surface area contributed by atoms with Gasteiger partial charge in [0.15, 0.2) is 0 Å². The van der Waals surface area contributed by atoms with E-state index in [1.165, 1.54) is 7.05 Å². The van der Waals surface area contributed by atoms with Crippen molar-refractivity contribution in [3.8, 4) is 5.75 Å². The molecule has 0 atom stereocenters. The predicted octanol–water partition coefficient (Wildman–Crippen LogP) is 3.30. The molecule has 0 aliphatic heterocycles. The van der Waals surface area contributed by atoms with Gasteiger partial charge in [-0.05, 0) is 30.9 Å². The highest BCUT2D eigenvalue weighted by Crippen LogP contribution is 2.20. The monoisotopic (exact) mass is 364 g/mol. The van der Waals surface area contributed by atoms with Crippen molar-refractivity contribution in [2.24, 2.45) is 0 Å². The molecule has 1 aromatic rings. The van der Waals surface area contributed by atoms with Crippen LogP contribution < -0.4 is 15.0 Å². The van der Waals surface area contributed by atoms with E-state index in [4.69, 9.17) is 4.74 Å². The number of carbonyl (C=O) groups is 1. The first-order valence-corrected chi connectivity index (χ1v) is 7.99. The second kappa shape index (κ2) is 9.99. The Hall–Kier alpha value is -0.980. The van der Waals surface area contributed by atoms with Crippen LogP contribution in [0.25, 0.3) is 0 Å². The second-order valence-corrected chi connectivity index (χ2v) is 3.31. The van der Waals surface area contributed by atoms with Gasteiger partial charge in [-0.1, -0.05) is 28.7 Å². The molecule has 1 aromatic carbocycles. The predicted molar refractivity (Wildman–Crippen MR) is 85.0 cm³/mol. The number of halogens is 1. The maximum Gasteiger partial charge on any atom is 0.412 e. The average Bonchev–Trinajstić information content (AvgIpc) is 2.43. The Kier molecular flexibility index (Phi) is 9.45. The zero-order chi connectivity index (χ0) is 14.0. The van der Waals surface area contributed by atoms with Gasteiger partial charge in [0.25, 0.3) is 0 Å². The third kappa shape index (κ3) is 5.57. The molecule has 0 unspecified atom stereocenters. The molecule has 0 fully saturated rings. The molecular formula is C13H21IN2O2. The van der Waals surface area contributed by atoms with Crippen LogP contribution in [0, 0.1) is 0 Å². The SMILES string of the molecule is CCN(CC)c1cccc(OC(=O)NC)c1.CI. The average molecular weight is 364 g/mol. The van der Waals surface area contributed by atoms with Gasteiger partial charge >= 0.3 is 6.09 Å². The van der Waals surface area contributed by atoms with Gasteiger partial charge in [-0.2, -0.15) is 0 Å². The molecule has 1 N–H and O–H groups in total. The number of carbonyl (C=O) groups excluding carboxylic acids is 1. The molecule has 0 saturated heterocycles. The minimum Gasteiger partial charge on any atom is -0.410 e. The van der Waals surface area contributed by atoms with Crippen molar-refractivity contribution in [3.05, 3.63) is 24.3 Å².